The first-order valence-corrected chi connectivity index (χ1v) is 5.07. The first-order chi connectivity index (χ1) is 7.50. The molecule has 0 saturated heterocycles. The zero-order valence-corrected chi connectivity index (χ0v) is 9.36. The predicted octanol–water partition coefficient (Wildman–Crippen LogP) is 1.66. The molecule has 0 bridgehead atoms. The minimum absolute atomic E-state index is 0.101. The number of fused-ring (bicyclic) bond motifs is 1. The van der Waals surface area contributed by atoms with Crippen LogP contribution in [0, 0.1) is 12.7 Å². The van der Waals surface area contributed by atoms with Crippen LogP contribution in [0.3, 0.4) is 0 Å². The standard InChI is InChI=1S/C11H12FN3O/c1-6(2)8-4-5-9-13-7(3)10(12)11(16)15(9)14-8/h4-6H,1-3H3. The largest absolute Gasteiger partial charge is 0.310 e. The van der Waals surface area contributed by atoms with E-state index in [4.69, 9.17) is 0 Å². The molecule has 0 aromatic carbocycles. The highest BCUT2D eigenvalue weighted by Gasteiger charge is 2.11. The number of hydrogen-bond acceptors (Lipinski definition) is 3. The Labute approximate surface area is 91.8 Å². The summed E-state index contributed by atoms with van der Waals surface area (Å²) >= 11 is 0. The van der Waals surface area contributed by atoms with Gasteiger partial charge in [0.2, 0.25) is 5.82 Å². The summed E-state index contributed by atoms with van der Waals surface area (Å²) in [5.74, 6) is -0.661. The van der Waals surface area contributed by atoms with Crippen LogP contribution >= 0.6 is 0 Å². The Bertz CT molecular complexity index is 604. The van der Waals surface area contributed by atoms with E-state index in [0.29, 0.717) is 5.65 Å². The smallest absolute Gasteiger partial charge is 0.264 e. The zero-order valence-electron chi connectivity index (χ0n) is 9.36. The normalized spacial score (nSPS) is 11.3. The van der Waals surface area contributed by atoms with Gasteiger partial charge in [-0.1, -0.05) is 13.8 Å². The number of halogens is 1. The molecule has 16 heavy (non-hydrogen) atoms. The Balaban J connectivity index is 2.83. The molecule has 2 rings (SSSR count). The second-order valence-corrected chi connectivity index (χ2v) is 4.00. The van der Waals surface area contributed by atoms with Crippen LogP contribution in [-0.4, -0.2) is 14.6 Å². The number of nitrogens with zero attached hydrogens (tertiary/aromatic N) is 3. The number of aryl methyl sites for hydroxylation is 1. The first-order valence-electron chi connectivity index (χ1n) is 5.07. The number of hydrogen-bond donors (Lipinski definition) is 0. The van der Waals surface area contributed by atoms with Crippen LogP contribution in [0.2, 0.25) is 0 Å². The van der Waals surface area contributed by atoms with Gasteiger partial charge in [-0.2, -0.15) is 14.0 Å². The van der Waals surface area contributed by atoms with Gasteiger partial charge in [0.25, 0.3) is 0 Å². The van der Waals surface area contributed by atoms with Gasteiger partial charge >= 0.3 is 5.56 Å². The fourth-order valence-electron chi connectivity index (χ4n) is 1.44. The van der Waals surface area contributed by atoms with Crippen molar-refractivity contribution in [2.24, 2.45) is 0 Å². The van der Waals surface area contributed by atoms with Crippen LogP contribution in [0.5, 0.6) is 0 Å². The Morgan fingerprint density at radius 2 is 2.06 bits per heavy atom. The summed E-state index contributed by atoms with van der Waals surface area (Å²) < 4.78 is 14.4. The van der Waals surface area contributed by atoms with Gasteiger partial charge < -0.3 is 0 Å². The Morgan fingerprint density at radius 3 is 2.69 bits per heavy atom. The molecule has 0 radical (unpaired) electrons. The van der Waals surface area contributed by atoms with Crippen molar-refractivity contribution in [2.75, 3.05) is 0 Å². The predicted molar refractivity (Wildman–Crippen MR) is 58.0 cm³/mol. The van der Waals surface area contributed by atoms with Crippen LogP contribution in [0.15, 0.2) is 16.9 Å². The van der Waals surface area contributed by atoms with Crippen molar-refractivity contribution in [3.05, 3.63) is 39.7 Å². The SMILES string of the molecule is Cc1nc2ccc(C(C)C)nn2c(=O)c1F. The van der Waals surface area contributed by atoms with Gasteiger partial charge in [-0.05, 0) is 25.0 Å². The van der Waals surface area contributed by atoms with Crippen molar-refractivity contribution in [3.63, 3.8) is 0 Å². The molecule has 0 aliphatic heterocycles. The summed E-state index contributed by atoms with van der Waals surface area (Å²) in [4.78, 5) is 15.6. The summed E-state index contributed by atoms with van der Waals surface area (Å²) in [5.41, 5.74) is 0.460. The molecule has 2 aromatic heterocycles. The number of rotatable bonds is 1. The highest BCUT2D eigenvalue weighted by atomic mass is 19.1. The fraction of sp³-hybridized carbons (Fsp3) is 0.364. The van der Waals surface area contributed by atoms with Crippen molar-refractivity contribution in [3.8, 4) is 0 Å². The fourth-order valence-corrected chi connectivity index (χ4v) is 1.44. The average molecular weight is 221 g/mol. The molecule has 0 saturated carbocycles. The van der Waals surface area contributed by atoms with E-state index < -0.39 is 11.4 Å². The van der Waals surface area contributed by atoms with E-state index in [2.05, 4.69) is 10.1 Å². The lowest BCUT2D eigenvalue weighted by Crippen LogP contribution is -2.23. The van der Waals surface area contributed by atoms with E-state index in [-0.39, 0.29) is 11.6 Å². The molecule has 2 heterocycles. The van der Waals surface area contributed by atoms with Gasteiger partial charge in [0.1, 0.15) is 0 Å². The van der Waals surface area contributed by atoms with Crippen LogP contribution in [0.1, 0.15) is 31.2 Å². The first kappa shape index (κ1) is 10.7. The van der Waals surface area contributed by atoms with Crippen molar-refractivity contribution in [1.82, 2.24) is 14.6 Å². The van der Waals surface area contributed by atoms with E-state index in [0.717, 1.165) is 10.2 Å². The third-order valence-corrected chi connectivity index (χ3v) is 2.41. The molecule has 0 aliphatic rings. The molecule has 2 aromatic rings. The lowest BCUT2D eigenvalue weighted by molar-refractivity contribution is 0.574. The number of aromatic nitrogens is 3. The third-order valence-electron chi connectivity index (χ3n) is 2.41. The summed E-state index contributed by atoms with van der Waals surface area (Å²) in [6, 6.07) is 3.47. The lowest BCUT2D eigenvalue weighted by Gasteiger charge is -2.06. The second kappa shape index (κ2) is 3.66. The van der Waals surface area contributed by atoms with E-state index in [1.807, 2.05) is 13.8 Å². The highest BCUT2D eigenvalue weighted by molar-refractivity contribution is 5.37. The van der Waals surface area contributed by atoms with Gasteiger partial charge in [0.15, 0.2) is 5.65 Å². The van der Waals surface area contributed by atoms with Crippen LogP contribution < -0.4 is 5.56 Å². The zero-order chi connectivity index (χ0) is 11.9. The van der Waals surface area contributed by atoms with E-state index >= 15 is 0 Å². The molecule has 0 amide bonds. The van der Waals surface area contributed by atoms with Gasteiger partial charge in [0, 0.05) is 0 Å². The molecule has 0 spiro atoms. The Kier molecular flexibility index (Phi) is 2.46. The Hall–Kier alpha value is -1.78. The maximum absolute atomic E-state index is 13.4. The molecular formula is C11H12FN3O. The van der Waals surface area contributed by atoms with E-state index in [1.54, 1.807) is 12.1 Å². The summed E-state index contributed by atoms with van der Waals surface area (Å²) in [7, 11) is 0. The van der Waals surface area contributed by atoms with Crippen LogP contribution in [0.4, 0.5) is 4.39 Å². The Morgan fingerprint density at radius 1 is 1.38 bits per heavy atom. The minimum atomic E-state index is -0.842. The van der Waals surface area contributed by atoms with Crippen LogP contribution in [-0.2, 0) is 0 Å². The molecule has 0 unspecified atom stereocenters. The van der Waals surface area contributed by atoms with Crippen molar-refractivity contribution >= 4 is 5.65 Å². The van der Waals surface area contributed by atoms with Crippen molar-refractivity contribution < 1.29 is 4.39 Å². The molecule has 5 heteroatoms. The van der Waals surface area contributed by atoms with Gasteiger partial charge in [-0.25, -0.2) is 4.98 Å². The molecular weight excluding hydrogens is 209 g/mol. The van der Waals surface area contributed by atoms with Crippen molar-refractivity contribution in [1.29, 1.82) is 0 Å². The van der Waals surface area contributed by atoms with Crippen LogP contribution in [0.25, 0.3) is 5.65 Å². The minimum Gasteiger partial charge on any atom is -0.264 e. The molecule has 0 fully saturated rings. The summed E-state index contributed by atoms with van der Waals surface area (Å²) in [6.07, 6.45) is 0. The second-order valence-electron chi connectivity index (χ2n) is 4.00. The van der Waals surface area contributed by atoms with E-state index in [9.17, 15) is 9.18 Å². The van der Waals surface area contributed by atoms with Gasteiger partial charge in [0.05, 0.1) is 11.4 Å². The topological polar surface area (TPSA) is 47.3 Å². The van der Waals surface area contributed by atoms with Gasteiger partial charge in [-0.3, -0.25) is 4.79 Å². The quantitative estimate of drug-likeness (QED) is 0.735. The molecule has 4 nitrogen and oxygen atoms in total. The maximum Gasteiger partial charge on any atom is 0.310 e. The summed E-state index contributed by atoms with van der Waals surface area (Å²) in [6.45, 7) is 5.38. The lowest BCUT2D eigenvalue weighted by atomic mass is 10.1. The summed E-state index contributed by atoms with van der Waals surface area (Å²) in [5, 5.41) is 4.08. The monoisotopic (exact) mass is 221 g/mol. The highest BCUT2D eigenvalue weighted by Crippen LogP contribution is 2.11. The van der Waals surface area contributed by atoms with E-state index in [1.165, 1.54) is 6.92 Å². The third kappa shape index (κ3) is 1.58. The average Bonchev–Trinajstić information content (AvgIpc) is 2.25. The molecule has 0 atom stereocenters. The van der Waals surface area contributed by atoms with Gasteiger partial charge in [-0.15, -0.1) is 0 Å². The molecule has 0 N–H and O–H groups in total. The maximum atomic E-state index is 13.4. The molecule has 0 aliphatic carbocycles. The van der Waals surface area contributed by atoms with Crippen molar-refractivity contribution in [2.45, 2.75) is 26.7 Å². The molecule has 84 valence electrons.